The minimum absolute atomic E-state index is 0.0543. The lowest BCUT2D eigenvalue weighted by atomic mass is 9.93. The first-order valence-electron chi connectivity index (χ1n) is 5.91. The maximum Gasteiger partial charge on any atom is 0.261 e. The minimum Gasteiger partial charge on any atom is -0.351 e. The summed E-state index contributed by atoms with van der Waals surface area (Å²) in [6.45, 7) is 1.77. The van der Waals surface area contributed by atoms with Gasteiger partial charge < -0.3 is 10.6 Å². The molecule has 0 aliphatic heterocycles. The molecule has 1 fully saturated rings. The summed E-state index contributed by atoms with van der Waals surface area (Å²) in [5, 5.41) is 8.33. The van der Waals surface area contributed by atoms with Crippen molar-refractivity contribution >= 4 is 17.2 Å². The third-order valence-corrected chi connectivity index (χ3v) is 3.79. The molecule has 0 atom stereocenters. The fourth-order valence-electron chi connectivity index (χ4n) is 1.70. The molecule has 4 heteroatoms. The summed E-state index contributed by atoms with van der Waals surface area (Å²) in [5.41, 5.74) is 0. The first kappa shape index (κ1) is 11.6. The van der Waals surface area contributed by atoms with E-state index in [4.69, 9.17) is 0 Å². The molecule has 0 saturated heterocycles. The lowest BCUT2D eigenvalue weighted by Crippen LogP contribution is -2.37. The molecular weight excluding hydrogens is 220 g/mol. The largest absolute Gasteiger partial charge is 0.351 e. The van der Waals surface area contributed by atoms with Gasteiger partial charge in [-0.15, -0.1) is 11.3 Å². The molecule has 1 saturated carbocycles. The molecular formula is C12H18N2OS. The van der Waals surface area contributed by atoms with Gasteiger partial charge in [0.1, 0.15) is 0 Å². The maximum absolute atomic E-state index is 11.5. The van der Waals surface area contributed by atoms with Crippen LogP contribution in [-0.2, 0) is 0 Å². The van der Waals surface area contributed by atoms with Crippen LogP contribution in [0.2, 0.25) is 0 Å². The van der Waals surface area contributed by atoms with Crippen molar-refractivity contribution in [1.29, 1.82) is 0 Å². The van der Waals surface area contributed by atoms with Gasteiger partial charge in [0, 0.05) is 12.6 Å². The van der Waals surface area contributed by atoms with Crippen molar-refractivity contribution in [3.63, 3.8) is 0 Å². The molecule has 0 unspecified atom stereocenters. The Hall–Kier alpha value is -0.870. The van der Waals surface area contributed by atoms with Crippen molar-refractivity contribution in [1.82, 2.24) is 10.6 Å². The van der Waals surface area contributed by atoms with Gasteiger partial charge in [-0.1, -0.05) is 12.5 Å². The maximum atomic E-state index is 11.5. The van der Waals surface area contributed by atoms with E-state index in [9.17, 15) is 4.79 Å². The summed E-state index contributed by atoms with van der Waals surface area (Å²) >= 11 is 1.48. The van der Waals surface area contributed by atoms with Crippen molar-refractivity contribution in [3.05, 3.63) is 22.4 Å². The van der Waals surface area contributed by atoms with E-state index in [0.717, 1.165) is 30.4 Å². The van der Waals surface area contributed by atoms with Crippen molar-refractivity contribution in [2.75, 3.05) is 13.1 Å². The molecule has 88 valence electrons. The van der Waals surface area contributed by atoms with Gasteiger partial charge in [0.25, 0.3) is 5.91 Å². The van der Waals surface area contributed by atoms with Gasteiger partial charge in [-0.05, 0) is 37.3 Å². The second-order valence-electron chi connectivity index (χ2n) is 4.17. The third kappa shape index (κ3) is 3.32. The van der Waals surface area contributed by atoms with E-state index in [1.165, 1.54) is 30.6 Å². The van der Waals surface area contributed by atoms with Gasteiger partial charge in [0.05, 0.1) is 4.88 Å². The first-order valence-corrected chi connectivity index (χ1v) is 6.79. The van der Waals surface area contributed by atoms with Crippen LogP contribution >= 0.6 is 11.3 Å². The zero-order chi connectivity index (χ0) is 11.2. The average molecular weight is 238 g/mol. The zero-order valence-corrected chi connectivity index (χ0v) is 10.2. The van der Waals surface area contributed by atoms with Crippen molar-refractivity contribution in [3.8, 4) is 0 Å². The van der Waals surface area contributed by atoms with Gasteiger partial charge >= 0.3 is 0 Å². The van der Waals surface area contributed by atoms with E-state index in [0.29, 0.717) is 0 Å². The Kier molecular flexibility index (Phi) is 4.36. The summed E-state index contributed by atoms with van der Waals surface area (Å²) in [5.74, 6) is 0.0543. The zero-order valence-electron chi connectivity index (χ0n) is 9.37. The van der Waals surface area contributed by atoms with E-state index in [1.807, 2.05) is 17.5 Å². The van der Waals surface area contributed by atoms with Crippen LogP contribution < -0.4 is 10.6 Å². The quantitative estimate of drug-likeness (QED) is 0.744. The molecule has 1 aromatic rings. The number of amides is 1. The van der Waals surface area contributed by atoms with Crippen molar-refractivity contribution in [2.24, 2.45) is 0 Å². The third-order valence-electron chi connectivity index (χ3n) is 2.92. The standard InChI is InChI=1S/C12H18N2OS/c15-12(11-6-2-9-16-11)14-8-3-7-13-10-4-1-5-10/h2,6,9-10,13H,1,3-5,7-8H2,(H,14,15). The number of hydrogen-bond donors (Lipinski definition) is 2. The van der Waals surface area contributed by atoms with Crippen LogP contribution in [-0.4, -0.2) is 25.0 Å². The number of nitrogens with one attached hydrogen (secondary N) is 2. The number of carbonyl (C=O) groups is 1. The van der Waals surface area contributed by atoms with Crippen molar-refractivity contribution in [2.45, 2.75) is 31.7 Å². The topological polar surface area (TPSA) is 41.1 Å². The lowest BCUT2D eigenvalue weighted by Gasteiger charge is -2.26. The fraction of sp³-hybridized carbons (Fsp3) is 0.583. The Morgan fingerprint density at radius 3 is 2.94 bits per heavy atom. The molecule has 1 amide bonds. The fourth-order valence-corrected chi connectivity index (χ4v) is 2.34. The molecule has 1 aromatic heterocycles. The van der Waals surface area contributed by atoms with E-state index in [-0.39, 0.29) is 5.91 Å². The van der Waals surface area contributed by atoms with Crippen LogP contribution in [0.25, 0.3) is 0 Å². The molecule has 0 radical (unpaired) electrons. The predicted octanol–water partition coefficient (Wildman–Crippen LogP) is 2.01. The van der Waals surface area contributed by atoms with Gasteiger partial charge in [-0.25, -0.2) is 0 Å². The summed E-state index contributed by atoms with van der Waals surface area (Å²) < 4.78 is 0. The molecule has 16 heavy (non-hydrogen) atoms. The molecule has 0 spiro atoms. The Morgan fingerprint density at radius 1 is 1.44 bits per heavy atom. The number of carbonyl (C=O) groups excluding carboxylic acids is 1. The second kappa shape index (κ2) is 6.01. The number of hydrogen-bond acceptors (Lipinski definition) is 3. The molecule has 2 rings (SSSR count). The molecule has 0 bridgehead atoms. The van der Waals surface area contributed by atoms with E-state index >= 15 is 0 Å². The highest BCUT2D eigenvalue weighted by Gasteiger charge is 2.15. The summed E-state index contributed by atoms with van der Waals surface area (Å²) in [4.78, 5) is 12.3. The normalized spacial score (nSPS) is 15.8. The van der Waals surface area contributed by atoms with E-state index in [2.05, 4.69) is 10.6 Å². The molecule has 1 aliphatic rings. The Balaban J connectivity index is 1.52. The molecule has 0 aromatic carbocycles. The van der Waals surface area contributed by atoms with E-state index in [1.54, 1.807) is 0 Å². The molecule has 3 nitrogen and oxygen atoms in total. The highest BCUT2D eigenvalue weighted by Crippen LogP contribution is 2.17. The Morgan fingerprint density at radius 2 is 2.31 bits per heavy atom. The van der Waals surface area contributed by atoms with Crippen LogP contribution in [0.5, 0.6) is 0 Å². The van der Waals surface area contributed by atoms with Crippen LogP contribution in [0, 0.1) is 0 Å². The van der Waals surface area contributed by atoms with Crippen LogP contribution in [0.15, 0.2) is 17.5 Å². The van der Waals surface area contributed by atoms with Crippen LogP contribution in [0.4, 0.5) is 0 Å². The van der Waals surface area contributed by atoms with Gasteiger partial charge in [0.2, 0.25) is 0 Å². The smallest absolute Gasteiger partial charge is 0.261 e. The summed E-state index contributed by atoms with van der Waals surface area (Å²) in [6, 6.07) is 4.50. The van der Waals surface area contributed by atoms with Gasteiger partial charge in [0.15, 0.2) is 0 Å². The molecule has 1 aliphatic carbocycles. The summed E-state index contributed by atoms with van der Waals surface area (Å²) in [6.07, 6.45) is 5.02. The molecule has 1 heterocycles. The summed E-state index contributed by atoms with van der Waals surface area (Å²) in [7, 11) is 0. The Bertz CT molecular complexity index is 320. The Labute approximate surface area is 100 Å². The highest BCUT2D eigenvalue weighted by atomic mass is 32.1. The predicted molar refractivity (Wildman–Crippen MR) is 66.9 cm³/mol. The van der Waals surface area contributed by atoms with Crippen LogP contribution in [0.1, 0.15) is 35.4 Å². The van der Waals surface area contributed by atoms with Crippen LogP contribution in [0.3, 0.4) is 0 Å². The average Bonchev–Trinajstić information content (AvgIpc) is 2.73. The number of thiophene rings is 1. The lowest BCUT2D eigenvalue weighted by molar-refractivity contribution is 0.0957. The van der Waals surface area contributed by atoms with E-state index < -0.39 is 0 Å². The highest BCUT2D eigenvalue weighted by molar-refractivity contribution is 7.12. The second-order valence-corrected chi connectivity index (χ2v) is 5.12. The van der Waals surface area contributed by atoms with Crippen molar-refractivity contribution < 1.29 is 4.79 Å². The monoisotopic (exact) mass is 238 g/mol. The SMILES string of the molecule is O=C(NCCCNC1CCC1)c1cccs1. The minimum atomic E-state index is 0.0543. The molecule has 2 N–H and O–H groups in total. The van der Waals surface area contributed by atoms with Gasteiger partial charge in [-0.2, -0.15) is 0 Å². The first-order chi connectivity index (χ1) is 7.86. The number of rotatable bonds is 6. The van der Waals surface area contributed by atoms with Gasteiger partial charge in [-0.3, -0.25) is 4.79 Å².